The summed E-state index contributed by atoms with van der Waals surface area (Å²) < 4.78 is 5.88. The number of pyridine rings is 1. The van der Waals surface area contributed by atoms with Gasteiger partial charge in [-0.3, -0.25) is 4.79 Å². The Morgan fingerprint density at radius 3 is 2.38 bits per heavy atom. The number of amides is 1. The van der Waals surface area contributed by atoms with Crippen molar-refractivity contribution in [3.05, 3.63) is 87.5 Å². The van der Waals surface area contributed by atoms with Crippen molar-refractivity contribution in [3.8, 4) is 5.75 Å². The number of hydrogen-bond acceptors (Lipinski definition) is 3. The first kappa shape index (κ1) is 18.5. The zero-order valence-electron chi connectivity index (χ0n) is 13.3. The van der Waals surface area contributed by atoms with E-state index in [-0.39, 0.29) is 5.91 Å². The lowest BCUT2D eigenvalue weighted by Gasteiger charge is -2.19. The van der Waals surface area contributed by atoms with Gasteiger partial charge < -0.3 is 10.1 Å². The van der Waals surface area contributed by atoms with Crippen LogP contribution in [0.3, 0.4) is 0 Å². The molecule has 1 amide bonds. The molecule has 26 heavy (non-hydrogen) atoms. The van der Waals surface area contributed by atoms with E-state index in [4.69, 9.17) is 39.5 Å². The zero-order chi connectivity index (χ0) is 18.5. The van der Waals surface area contributed by atoms with E-state index in [1.54, 1.807) is 66.9 Å². The fraction of sp³-hybridized carbons (Fsp3) is 0.0526. The lowest BCUT2D eigenvalue weighted by molar-refractivity contribution is -0.123. The van der Waals surface area contributed by atoms with Crippen LogP contribution >= 0.6 is 34.8 Å². The quantitative estimate of drug-likeness (QED) is 0.581. The van der Waals surface area contributed by atoms with Gasteiger partial charge in [0.2, 0.25) is 6.10 Å². The monoisotopic (exact) mass is 406 g/mol. The van der Waals surface area contributed by atoms with Gasteiger partial charge in [0.1, 0.15) is 11.6 Å². The lowest BCUT2D eigenvalue weighted by Crippen LogP contribution is -2.26. The highest BCUT2D eigenvalue weighted by Gasteiger charge is 2.23. The maximum Gasteiger partial charge on any atom is 0.271 e. The maximum atomic E-state index is 12.8. The molecule has 1 N–H and O–H groups in total. The molecule has 0 saturated carbocycles. The number of nitrogens with one attached hydrogen (secondary N) is 1. The Morgan fingerprint density at radius 2 is 1.73 bits per heavy atom. The van der Waals surface area contributed by atoms with Crippen molar-refractivity contribution in [3.63, 3.8) is 0 Å². The van der Waals surface area contributed by atoms with Crippen molar-refractivity contribution in [2.75, 3.05) is 5.32 Å². The second-order valence-electron chi connectivity index (χ2n) is 5.33. The number of carbonyl (C=O) groups is 1. The van der Waals surface area contributed by atoms with E-state index < -0.39 is 6.10 Å². The molecule has 1 heterocycles. The minimum Gasteiger partial charge on any atom is -0.476 e. The Kier molecular flexibility index (Phi) is 5.99. The SMILES string of the molecule is O=C(Nc1ccccn1)C(Oc1ccc(Cl)c(Cl)c1)c1ccc(Cl)cc1. The standard InChI is InChI=1S/C19H13Cl3N2O2/c20-13-6-4-12(5-7-13)18(19(25)24-17-3-1-2-10-23-17)26-14-8-9-15(21)16(22)11-14/h1-11,18H,(H,23,24,25). The second kappa shape index (κ2) is 8.41. The van der Waals surface area contributed by atoms with Crippen LogP contribution in [-0.4, -0.2) is 10.9 Å². The highest BCUT2D eigenvalue weighted by Crippen LogP contribution is 2.30. The van der Waals surface area contributed by atoms with E-state index in [0.717, 1.165) is 0 Å². The normalized spacial score (nSPS) is 11.7. The van der Waals surface area contributed by atoms with Gasteiger partial charge in [-0.1, -0.05) is 53.0 Å². The van der Waals surface area contributed by atoms with Crippen molar-refractivity contribution in [2.45, 2.75) is 6.10 Å². The highest BCUT2D eigenvalue weighted by atomic mass is 35.5. The van der Waals surface area contributed by atoms with Gasteiger partial charge in [0, 0.05) is 22.8 Å². The molecule has 0 spiro atoms. The summed E-state index contributed by atoms with van der Waals surface area (Å²) in [5, 5.41) is 4.04. The molecule has 3 rings (SSSR count). The number of benzene rings is 2. The van der Waals surface area contributed by atoms with Crippen LogP contribution in [0.2, 0.25) is 15.1 Å². The fourth-order valence-electron chi connectivity index (χ4n) is 2.23. The van der Waals surface area contributed by atoms with Crippen LogP contribution in [0.15, 0.2) is 66.9 Å². The summed E-state index contributed by atoms with van der Waals surface area (Å²) in [4.78, 5) is 16.9. The summed E-state index contributed by atoms with van der Waals surface area (Å²) in [5.41, 5.74) is 0.633. The molecule has 1 atom stereocenters. The average Bonchev–Trinajstić information content (AvgIpc) is 2.64. The van der Waals surface area contributed by atoms with Gasteiger partial charge >= 0.3 is 0 Å². The molecule has 4 nitrogen and oxygen atoms in total. The number of anilines is 1. The molecule has 0 fully saturated rings. The third-order valence-corrected chi connectivity index (χ3v) is 4.46. The molecule has 7 heteroatoms. The van der Waals surface area contributed by atoms with Crippen LogP contribution in [0, 0.1) is 0 Å². The first-order valence-corrected chi connectivity index (χ1v) is 8.75. The highest BCUT2D eigenvalue weighted by molar-refractivity contribution is 6.42. The number of carbonyl (C=O) groups excluding carboxylic acids is 1. The zero-order valence-corrected chi connectivity index (χ0v) is 15.6. The largest absolute Gasteiger partial charge is 0.476 e. The third-order valence-electron chi connectivity index (χ3n) is 3.47. The predicted molar refractivity (Wildman–Crippen MR) is 104 cm³/mol. The minimum absolute atomic E-state index is 0.337. The van der Waals surface area contributed by atoms with Gasteiger partial charge in [0.25, 0.3) is 5.91 Å². The Hall–Kier alpha value is -2.27. The van der Waals surface area contributed by atoms with E-state index in [1.807, 2.05) is 0 Å². The molecule has 2 aromatic carbocycles. The van der Waals surface area contributed by atoms with Crippen LogP contribution < -0.4 is 10.1 Å². The lowest BCUT2D eigenvalue weighted by atomic mass is 10.1. The third kappa shape index (κ3) is 4.67. The van der Waals surface area contributed by atoms with Gasteiger partial charge in [-0.25, -0.2) is 4.98 Å². The fourth-order valence-corrected chi connectivity index (χ4v) is 2.64. The molecule has 0 saturated heterocycles. The van der Waals surface area contributed by atoms with Crippen molar-refractivity contribution in [2.24, 2.45) is 0 Å². The molecule has 0 aliphatic heterocycles. The van der Waals surface area contributed by atoms with E-state index >= 15 is 0 Å². The smallest absolute Gasteiger partial charge is 0.271 e. The van der Waals surface area contributed by atoms with E-state index in [2.05, 4.69) is 10.3 Å². The van der Waals surface area contributed by atoms with Gasteiger partial charge in [-0.05, 0) is 36.4 Å². The van der Waals surface area contributed by atoms with Gasteiger partial charge in [-0.15, -0.1) is 0 Å². The minimum atomic E-state index is -0.925. The molecule has 0 aliphatic rings. The molecule has 1 unspecified atom stereocenters. The van der Waals surface area contributed by atoms with Crippen molar-refractivity contribution in [1.82, 2.24) is 4.98 Å². The van der Waals surface area contributed by atoms with E-state index in [1.165, 1.54) is 0 Å². The molecular weight excluding hydrogens is 395 g/mol. The van der Waals surface area contributed by atoms with Crippen LogP contribution in [0.1, 0.15) is 11.7 Å². The predicted octanol–water partition coefficient (Wildman–Crippen LogP) is 5.80. The summed E-state index contributed by atoms with van der Waals surface area (Å²) >= 11 is 17.9. The maximum absolute atomic E-state index is 12.8. The number of ether oxygens (including phenoxy) is 1. The summed E-state index contributed by atoms with van der Waals surface area (Å²) in [6, 6.07) is 16.9. The van der Waals surface area contributed by atoms with Gasteiger partial charge in [0.15, 0.2) is 0 Å². The Labute approximate surface area is 165 Å². The number of nitrogens with zero attached hydrogens (tertiary/aromatic N) is 1. The van der Waals surface area contributed by atoms with Crippen LogP contribution in [-0.2, 0) is 4.79 Å². The van der Waals surface area contributed by atoms with Gasteiger partial charge in [-0.2, -0.15) is 0 Å². The number of halogens is 3. The number of rotatable bonds is 5. The molecule has 1 aromatic heterocycles. The summed E-state index contributed by atoms with van der Waals surface area (Å²) in [7, 11) is 0. The van der Waals surface area contributed by atoms with Crippen LogP contribution in [0.5, 0.6) is 5.75 Å². The van der Waals surface area contributed by atoms with Crippen molar-refractivity contribution >= 4 is 46.5 Å². The molecule has 0 aliphatic carbocycles. The van der Waals surface area contributed by atoms with E-state index in [0.29, 0.717) is 32.2 Å². The first-order valence-electron chi connectivity index (χ1n) is 7.62. The number of aromatic nitrogens is 1. The Balaban J connectivity index is 1.89. The van der Waals surface area contributed by atoms with E-state index in [9.17, 15) is 4.79 Å². The Bertz CT molecular complexity index is 902. The Morgan fingerprint density at radius 1 is 0.962 bits per heavy atom. The molecule has 0 bridgehead atoms. The molecule has 132 valence electrons. The summed E-state index contributed by atoms with van der Waals surface area (Å²) in [5.74, 6) is 0.460. The second-order valence-corrected chi connectivity index (χ2v) is 6.58. The summed E-state index contributed by atoms with van der Waals surface area (Å²) in [6.07, 6.45) is 0.665. The van der Waals surface area contributed by atoms with Crippen molar-refractivity contribution in [1.29, 1.82) is 0 Å². The van der Waals surface area contributed by atoms with Gasteiger partial charge in [0.05, 0.1) is 10.0 Å². The molecule has 0 radical (unpaired) electrons. The topological polar surface area (TPSA) is 51.2 Å². The first-order chi connectivity index (χ1) is 12.5. The molecular formula is C19H13Cl3N2O2. The molecule has 3 aromatic rings. The number of hydrogen-bond donors (Lipinski definition) is 1. The summed E-state index contributed by atoms with van der Waals surface area (Å²) in [6.45, 7) is 0. The average molecular weight is 408 g/mol. The van der Waals surface area contributed by atoms with Crippen molar-refractivity contribution < 1.29 is 9.53 Å². The van der Waals surface area contributed by atoms with Crippen LogP contribution in [0.4, 0.5) is 5.82 Å². The van der Waals surface area contributed by atoms with Crippen LogP contribution in [0.25, 0.3) is 0 Å².